The first kappa shape index (κ1) is 34.5. The van der Waals surface area contributed by atoms with Gasteiger partial charge in [0, 0.05) is 49.0 Å². The Morgan fingerprint density at radius 1 is 0.355 bits per heavy atom. The maximum absolute atomic E-state index is 6.72. The Labute approximate surface area is 356 Å². The highest BCUT2D eigenvalue weighted by Crippen LogP contribution is 2.48. The lowest BCUT2D eigenvalue weighted by molar-refractivity contribution is 0.669. The zero-order valence-electron chi connectivity index (χ0n) is 33.5. The van der Waals surface area contributed by atoms with Gasteiger partial charge in [0.05, 0.1) is 28.1 Å². The van der Waals surface area contributed by atoms with E-state index in [2.05, 4.69) is 216 Å². The Morgan fingerprint density at radius 2 is 0.968 bits per heavy atom. The maximum Gasteiger partial charge on any atom is 0.143 e. The van der Waals surface area contributed by atoms with Crippen LogP contribution in [0.2, 0.25) is 0 Å². The van der Waals surface area contributed by atoms with Crippen LogP contribution in [0, 0.1) is 0 Å². The van der Waals surface area contributed by atoms with E-state index in [0.717, 1.165) is 111 Å². The van der Waals surface area contributed by atoms with Crippen LogP contribution < -0.4 is 4.90 Å². The number of aromatic nitrogens is 1. The molecule has 13 aromatic rings. The molecule has 4 heteroatoms. The third-order valence-electron chi connectivity index (χ3n) is 12.6. The van der Waals surface area contributed by atoms with Crippen LogP contribution in [0.15, 0.2) is 227 Å². The number of anilines is 3. The van der Waals surface area contributed by atoms with E-state index in [1.54, 1.807) is 0 Å². The van der Waals surface area contributed by atoms with E-state index in [1.807, 2.05) is 12.1 Å². The Bertz CT molecular complexity index is 3830. The molecular formula is C58H36N2O2. The molecule has 0 atom stereocenters. The molecule has 62 heavy (non-hydrogen) atoms. The van der Waals surface area contributed by atoms with E-state index < -0.39 is 0 Å². The van der Waals surface area contributed by atoms with Crippen LogP contribution in [0.4, 0.5) is 17.1 Å². The molecule has 0 N–H and O–H groups in total. The fraction of sp³-hybridized carbons (Fsp3) is 0. The predicted molar refractivity (Wildman–Crippen MR) is 258 cm³/mol. The molecule has 0 saturated heterocycles. The molecule has 0 radical (unpaired) electrons. The van der Waals surface area contributed by atoms with Crippen molar-refractivity contribution in [3.05, 3.63) is 218 Å². The maximum atomic E-state index is 6.72. The van der Waals surface area contributed by atoms with Crippen LogP contribution in [0.25, 0.3) is 104 Å². The average Bonchev–Trinajstić information content (AvgIpc) is 4.02. The van der Waals surface area contributed by atoms with Gasteiger partial charge in [-0.1, -0.05) is 146 Å². The summed E-state index contributed by atoms with van der Waals surface area (Å²) in [6.07, 6.45) is 0. The number of para-hydroxylation sites is 6. The Balaban J connectivity index is 1.05. The zero-order valence-corrected chi connectivity index (χ0v) is 33.5. The van der Waals surface area contributed by atoms with Crippen LogP contribution in [-0.2, 0) is 0 Å². The number of hydrogen-bond donors (Lipinski definition) is 0. The molecule has 10 aromatic carbocycles. The molecule has 0 amide bonds. The summed E-state index contributed by atoms with van der Waals surface area (Å²) in [5, 5.41) is 9.18. The number of hydrogen-bond acceptors (Lipinski definition) is 3. The lowest BCUT2D eigenvalue weighted by Gasteiger charge is -2.30. The minimum atomic E-state index is 0.868. The second-order valence-electron chi connectivity index (χ2n) is 16.0. The highest BCUT2D eigenvalue weighted by atomic mass is 16.3. The van der Waals surface area contributed by atoms with E-state index in [-0.39, 0.29) is 0 Å². The van der Waals surface area contributed by atoms with E-state index in [1.165, 1.54) is 10.8 Å². The SMILES string of the molecule is c1ccc(N(c2ccc(-c3ccc4oc5ccccc5c4c3)cc2)c2ccccc2-n2c3ccccc3c3ccccc32)c(-c2cccc3oc4c5ccccc5ccc4c23)c1. The topological polar surface area (TPSA) is 34.5 Å². The second kappa shape index (κ2) is 13.6. The summed E-state index contributed by atoms with van der Waals surface area (Å²) in [6, 6.07) is 78.1. The van der Waals surface area contributed by atoms with Crippen LogP contribution in [0.1, 0.15) is 0 Å². The minimum absolute atomic E-state index is 0.868. The van der Waals surface area contributed by atoms with Gasteiger partial charge in [0.2, 0.25) is 0 Å². The first-order valence-corrected chi connectivity index (χ1v) is 21.1. The van der Waals surface area contributed by atoms with E-state index in [9.17, 15) is 0 Å². The van der Waals surface area contributed by atoms with Gasteiger partial charge in [0.25, 0.3) is 0 Å². The first-order chi connectivity index (χ1) is 30.8. The third kappa shape index (κ3) is 5.20. The van der Waals surface area contributed by atoms with Crippen molar-refractivity contribution in [2.75, 3.05) is 4.90 Å². The van der Waals surface area contributed by atoms with Crippen molar-refractivity contribution in [2.24, 2.45) is 0 Å². The molecular weight excluding hydrogens is 757 g/mol. The molecule has 3 heterocycles. The number of nitrogens with zero attached hydrogens (tertiary/aromatic N) is 2. The van der Waals surface area contributed by atoms with Crippen molar-refractivity contribution in [3.63, 3.8) is 0 Å². The lowest BCUT2D eigenvalue weighted by atomic mass is 9.96. The van der Waals surface area contributed by atoms with Gasteiger partial charge in [-0.3, -0.25) is 0 Å². The quantitative estimate of drug-likeness (QED) is 0.168. The number of rotatable bonds is 6. The zero-order chi connectivity index (χ0) is 40.7. The number of benzene rings is 10. The summed E-state index contributed by atoms with van der Waals surface area (Å²) < 4.78 is 15.3. The summed E-state index contributed by atoms with van der Waals surface area (Å²) in [5.74, 6) is 0. The van der Waals surface area contributed by atoms with E-state index in [4.69, 9.17) is 8.83 Å². The summed E-state index contributed by atoms with van der Waals surface area (Å²) in [4.78, 5) is 2.43. The van der Waals surface area contributed by atoms with Gasteiger partial charge in [-0.2, -0.15) is 0 Å². The van der Waals surface area contributed by atoms with Gasteiger partial charge in [0.15, 0.2) is 0 Å². The minimum Gasteiger partial charge on any atom is -0.456 e. The molecule has 3 aromatic heterocycles. The molecule has 0 fully saturated rings. The van der Waals surface area contributed by atoms with Crippen molar-refractivity contribution in [1.29, 1.82) is 0 Å². The Hall–Kier alpha value is -8.34. The third-order valence-corrected chi connectivity index (χ3v) is 12.6. The molecule has 13 rings (SSSR count). The molecule has 0 aliphatic rings. The Morgan fingerprint density at radius 3 is 1.79 bits per heavy atom. The van der Waals surface area contributed by atoms with Crippen molar-refractivity contribution >= 4 is 93.5 Å². The monoisotopic (exact) mass is 792 g/mol. The van der Waals surface area contributed by atoms with Gasteiger partial charge >= 0.3 is 0 Å². The van der Waals surface area contributed by atoms with Crippen molar-refractivity contribution in [2.45, 2.75) is 0 Å². The van der Waals surface area contributed by atoms with Crippen LogP contribution in [0.5, 0.6) is 0 Å². The molecule has 0 saturated carbocycles. The van der Waals surface area contributed by atoms with Gasteiger partial charge in [-0.15, -0.1) is 0 Å². The smallest absolute Gasteiger partial charge is 0.143 e. The van der Waals surface area contributed by atoms with Crippen LogP contribution >= 0.6 is 0 Å². The fourth-order valence-electron chi connectivity index (χ4n) is 9.82. The van der Waals surface area contributed by atoms with E-state index in [0.29, 0.717) is 0 Å². The largest absolute Gasteiger partial charge is 0.456 e. The molecule has 0 aliphatic carbocycles. The van der Waals surface area contributed by atoms with Crippen LogP contribution in [-0.4, -0.2) is 4.57 Å². The van der Waals surface area contributed by atoms with Gasteiger partial charge in [-0.25, -0.2) is 0 Å². The normalized spacial score (nSPS) is 11.9. The lowest BCUT2D eigenvalue weighted by Crippen LogP contribution is -2.14. The molecule has 0 bridgehead atoms. The van der Waals surface area contributed by atoms with Gasteiger partial charge in [0.1, 0.15) is 22.3 Å². The summed E-state index contributed by atoms with van der Waals surface area (Å²) >= 11 is 0. The fourth-order valence-corrected chi connectivity index (χ4v) is 9.82. The Kier molecular flexibility index (Phi) is 7.57. The number of furan rings is 2. The predicted octanol–water partition coefficient (Wildman–Crippen LogP) is 16.5. The summed E-state index contributed by atoms with van der Waals surface area (Å²) in [6.45, 7) is 0. The van der Waals surface area contributed by atoms with Crippen LogP contribution in [0.3, 0.4) is 0 Å². The van der Waals surface area contributed by atoms with Gasteiger partial charge in [-0.05, 0) is 94.9 Å². The highest BCUT2D eigenvalue weighted by molar-refractivity contribution is 6.20. The number of fused-ring (bicyclic) bond motifs is 11. The summed E-state index contributed by atoms with van der Waals surface area (Å²) in [5.41, 5.74) is 14.6. The molecule has 290 valence electrons. The first-order valence-electron chi connectivity index (χ1n) is 21.1. The van der Waals surface area contributed by atoms with E-state index >= 15 is 0 Å². The van der Waals surface area contributed by atoms with Crippen molar-refractivity contribution in [1.82, 2.24) is 4.57 Å². The second-order valence-corrected chi connectivity index (χ2v) is 16.0. The molecule has 0 spiro atoms. The van der Waals surface area contributed by atoms with Crippen molar-refractivity contribution in [3.8, 4) is 27.9 Å². The van der Waals surface area contributed by atoms with Gasteiger partial charge < -0.3 is 18.3 Å². The molecule has 0 aliphatic heterocycles. The molecule has 4 nitrogen and oxygen atoms in total. The average molecular weight is 793 g/mol. The summed E-state index contributed by atoms with van der Waals surface area (Å²) in [7, 11) is 0. The molecule has 0 unspecified atom stereocenters. The standard InChI is InChI=1S/C58H36N2O2/c1-2-15-41-38(14-1)30-34-47-57-46(20-13-27-56(57)62-58(41)47)44-18-5-7-21-49(44)59(40-32-28-37(29-33-40)39-31-35-55-48(36-39)45-19-6-12-26-54(45)61-55)52-24-10-11-25-53(52)60-50-22-8-3-16-42(50)43-17-4-9-23-51(43)60/h1-36H. The highest BCUT2D eigenvalue weighted by Gasteiger charge is 2.24. The van der Waals surface area contributed by atoms with Crippen molar-refractivity contribution < 1.29 is 8.83 Å².